The van der Waals surface area contributed by atoms with Crippen molar-refractivity contribution in [3.05, 3.63) is 114 Å². The van der Waals surface area contributed by atoms with Gasteiger partial charge >= 0.3 is 0 Å². The summed E-state index contributed by atoms with van der Waals surface area (Å²) in [5, 5.41) is 10.0. The molecule has 0 aliphatic heterocycles. The Labute approximate surface area is 154 Å². The van der Waals surface area contributed by atoms with Crippen LogP contribution in [-0.2, 0) is 5.41 Å². The van der Waals surface area contributed by atoms with Gasteiger partial charge in [-0.05, 0) is 34.2 Å². The van der Waals surface area contributed by atoms with Crippen LogP contribution in [-0.4, -0.2) is 0 Å². The van der Waals surface area contributed by atoms with Crippen molar-refractivity contribution in [2.75, 3.05) is 0 Å². The first kappa shape index (κ1) is 16.1. The Hall–Kier alpha value is -3.37. The van der Waals surface area contributed by atoms with Gasteiger partial charge in [0.05, 0.1) is 6.07 Å². The summed E-state index contributed by atoms with van der Waals surface area (Å²) in [6.45, 7) is 0. The van der Waals surface area contributed by atoms with Crippen molar-refractivity contribution in [1.29, 1.82) is 5.26 Å². The highest BCUT2D eigenvalue weighted by Crippen LogP contribution is 2.41. The normalized spacial score (nSPS) is 18.8. The third-order valence-corrected chi connectivity index (χ3v) is 4.99. The topological polar surface area (TPSA) is 23.8 Å². The zero-order chi connectivity index (χ0) is 17.8. The van der Waals surface area contributed by atoms with E-state index >= 15 is 0 Å². The van der Waals surface area contributed by atoms with Gasteiger partial charge in [-0.25, -0.2) is 0 Å². The average molecular weight is 333 g/mol. The highest BCUT2D eigenvalue weighted by molar-refractivity contribution is 5.83. The lowest BCUT2D eigenvalue weighted by Crippen LogP contribution is -2.23. The SMILES string of the molecule is N#CC1(c2ccccc2)C=CC=C(c2ccccc2-c2ccccc2)C1. The maximum atomic E-state index is 10.0. The fourth-order valence-electron chi connectivity index (χ4n) is 3.64. The highest BCUT2D eigenvalue weighted by Gasteiger charge is 2.32. The molecule has 3 aromatic rings. The molecule has 1 aliphatic carbocycles. The Kier molecular flexibility index (Phi) is 4.25. The summed E-state index contributed by atoms with van der Waals surface area (Å²) in [6, 6.07) is 31.5. The van der Waals surface area contributed by atoms with Crippen LogP contribution in [0, 0.1) is 11.3 Å². The molecule has 1 nitrogen and oxygen atoms in total. The van der Waals surface area contributed by atoms with Crippen molar-refractivity contribution in [1.82, 2.24) is 0 Å². The summed E-state index contributed by atoms with van der Waals surface area (Å²) < 4.78 is 0. The zero-order valence-electron chi connectivity index (χ0n) is 14.5. The van der Waals surface area contributed by atoms with Crippen LogP contribution in [0.15, 0.2) is 103 Å². The van der Waals surface area contributed by atoms with Crippen molar-refractivity contribution in [3.8, 4) is 17.2 Å². The zero-order valence-corrected chi connectivity index (χ0v) is 14.5. The minimum absolute atomic E-state index is 0.616. The third-order valence-electron chi connectivity index (χ3n) is 4.99. The first-order valence-electron chi connectivity index (χ1n) is 8.82. The number of allylic oxidation sites excluding steroid dienone is 4. The minimum Gasteiger partial charge on any atom is -0.197 e. The van der Waals surface area contributed by atoms with E-state index in [1.165, 1.54) is 22.3 Å². The molecule has 1 aliphatic rings. The van der Waals surface area contributed by atoms with E-state index in [4.69, 9.17) is 0 Å². The second-order valence-corrected chi connectivity index (χ2v) is 6.59. The third kappa shape index (κ3) is 2.87. The molecule has 0 N–H and O–H groups in total. The summed E-state index contributed by atoms with van der Waals surface area (Å²) in [4.78, 5) is 0. The second kappa shape index (κ2) is 6.86. The maximum Gasteiger partial charge on any atom is 0.105 e. The fourth-order valence-corrected chi connectivity index (χ4v) is 3.64. The van der Waals surface area contributed by atoms with Crippen LogP contribution in [0.5, 0.6) is 0 Å². The Morgan fingerprint density at radius 1 is 0.731 bits per heavy atom. The van der Waals surface area contributed by atoms with E-state index in [0.717, 1.165) is 5.56 Å². The Morgan fingerprint density at radius 2 is 1.35 bits per heavy atom. The molecular weight excluding hydrogens is 314 g/mol. The predicted octanol–water partition coefficient (Wildman–Crippen LogP) is 6.16. The number of benzene rings is 3. The highest BCUT2D eigenvalue weighted by atomic mass is 14.4. The molecule has 26 heavy (non-hydrogen) atoms. The van der Waals surface area contributed by atoms with Gasteiger partial charge in [-0.2, -0.15) is 5.26 Å². The van der Waals surface area contributed by atoms with Crippen LogP contribution in [0.2, 0.25) is 0 Å². The maximum absolute atomic E-state index is 10.0. The van der Waals surface area contributed by atoms with Gasteiger partial charge in [0.1, 0.15) is 5.41 Å². The second-order valence-electron chi connectivity index (χ2n) is 6.59. The molecule has 0 aromatic heterocycles. The summed E-state index contributed by atoms with van der Waals surface area (Å²) in [5.74, 6) is 0. The molecule has 0 saturated carbocycles. The summed E-state index contributed by atoms with van der Waals surface area (Å²) in [6.07, 6.45) is 6.86. The van der Waals surface area contributed by atoms with Crippen LogP contribution in [0.3, 0.4) is 0 Å². The van der Waals surface area contributed by atoms with E-state index in [0.29, 0.717) is 6.42 Å². The molecule has 0 bridgehead atoms. The van der Waals surface area contributed by atoms with Gasteiger partial charge in [-0.1, -0.05) is 103 Å². The van der Waals surface area contributed by atoms with Crippen LogP contribution in [0.1, 0.15) is 17.5 Å². The Bertz CT molecular complexity index is 1010. The van der Waals surface area contributed by atoms with Crippen LogP contribution in [0.25, 0.3) is 16.7 Å². The van der Waals surface area contributed by atoms with Gasteiger partial charge in [-0.3, -0.25) is 0 Å². The number of nitriles is 1. The molecule has 0 amide bonds. The Morgan fingerprint density at radius 3 is 2.04 bits per heavy atom. The molecule has 1 atom stereocenters. The van der Waals surface area contributed by atoms with Gasteiger partial charge in [0.2, 0.25) is 0 Å². The predicted molar refractivity (Wildman–Crippen MR) is 107 cm³/mol. The van der Waals surface area contributed by atoms with Gasteiger partial charge in [0.25, 0.3) is 0 Å². The molecule has 1 unspecified atom stereocenters. The van der Waals surface area contributed by atoms with E-state index < -0.39 is 5.41 Å². The quantitative estimate of drug-likeness (QED) is 0.563. The Balaban J connectivity index is 1.78. The molecule has 0 spiro atoms. The minimum atomic E-state index is -0.616. The van der Waals surface area contributed by atoms with E-state index in [2.05, 4.69) is 60.7 Å². The lowest BCUT2D eigenvalue weighted by atomic mass is 9.72. The number of rotatable bonds is 3. The largest absolute Gasteiger partial charge is 0.197 e. The van der Waals surface area contributed by atoms with Crippen molar-refractivity contribution < 1.29 is 0 Å². The van der Waals surface area contributed by atoms with Gasteiger partial charge < -0.3 is 0 Å². The van der Waals surface area contributed by atoms with Crippen LogP contribution < -0.4 is 0 Å². The molecule has 0 saturated heterocycles. The van der Waals surface area contributed by atoms with Crippen molar-refractivity contribution in [3.63, 3.8) is 0 Å². The average Bonchev–Trinajstić information content (AvgIpc) is 2.75. The molecule has 124 valence electrons. The van der Waals surface area contributed by atoms with Crippen molar-refractivity contribution in [2.45, 2.75) is 11.8 Å². The smallest absolute Gasteiger partial charge is 0.105 e. The lowest BCUT2D eigenvalue weighted by Gasteiger charge is -2.28. The monoisotopic (exact) mass is 333 g/mol. The lowest BCUT2D eigenvalue weighted by molar-refractivity contribution is 0.702. The molecule has 3 aromatic carbocycles. The molecular formula is C25H19N. The summed E-state index contributed by atoms with van der Waals surface area (Å²) in [5.41, 5.74) is 5.21. The fraction of sp³-hybridized carbons (Fsp3) is 0.0800. The number of hydrogen-bond acceptors (Lipinski definition) is 1. The van der Waals surface area contributed by atoms with E-state index in [9.17, 15) is 5.26 Å². The number of nitrogens with zero attached hydrogens (tertiary/aromatic N) is 1. The van der Waals surface area contributed by atoms with E-state index in [-0.39, 0.29) is 0 Å². The summed E-state index contributed by atoms with van der Waals surface area (Å²) >= 11 is 0. The molecule has 0 radical (unpaired) electrons. The van der Waals surface area contributed by atoms with Crippen molar-refractivity contribution >= 4 is 5.57 Å². The van der Waals surface area contributed by atoms with Crippen LogP contribution >= 0.6 is 0 Å². The standard InChI is InChI=1S/C25H19N/c26-19-25(22-13-5-2-6-14-22)17-9-12-21(18-25)24-16-8-7-15-23(24)20-10-3-1-4-11-20/h1-17H,18H2. The first-order valence-corrected chi connectivity index (χ1v) is 8.82. The van der Waals surface area contributed by atoms with E-state index in [1.807, 2.05) is 48.6 Å². The first-order chi connectivity index (χ1) is 12.8. The van der Waals surface area contributed by atoms with E-state index in [1.54, 1.807) is 0 Å². The van der Waals surface area contributed by atoms with Gasteiger partial charge in [0, 0.05) is 0 Å². The van der Waals surface area contributed by atoms with Crippen LogP contribution in [0.4, 0.5) is 0 Å². The number of hydrogen-bond donors (Lipinski definition) is 0. The van der Waals surface area contributed by atoms with Crippen molar-refractivity contribution in [2.24, 2.45) is 0 Å². The molecule has 4 rings (SSSR count). The molecule has 1 heteroatoms. The molecule has 0 fully saturated rings. The van der Waals surface area contributed by atoms with Gasteiger partial charge in [-0.15, -0.1) is 0 Å². The molecule has 0 heterocycles. The summed E-state index contributed by atoms with van der Waals surface area (Å²) in [7, 11) is 0. The van der Waals surface area contributed by atoms with Gasteiger partial charge in [0.15, 0.2) is 0 Å².